The van der Waals surface area contributed by atoms with Crippen molar-refractivity contribution in [3.8, 4) is 0 Å². The molecule has 0 radical (unpaired) electrons. The van der Waals surface area contributed by atoms with Crippen LogP contribution in [0.3, 0.4) is 0 Å². The number of nitrogens with one attached hydrogen (secondary N) is 1. The lowest BCUT2D eigenvalue weighted by Gasteiger charge is -2.54. The quantitative estimate of drug-likeness (QED) is 0.792. The van der Waals surface area contributed by atoms with Gasteiger partial charge in [-0.15, -0.1) is 0 Å². The van der Waals surface area contributed by atoms with Gasteiger partial charge < -0.3 is 4.90 Å². The van der Waals surface area contributed by atoms with Gasteiger partial charge in [0.1, 0.15) is 0 Å². The second kappa shape index (κ2) is 6.71. The predicted molar refractivity (Wildman–Crippen MR) is 108 cm³/mol. The second-order valence-electron chi connectivity index (χ2n) is 10.4. The van der Waals surface area contributed by atoms with Crippen LogP contribution in [0.25, 0.3) is 0 Å². The molecule has 156 valence electrons. The van der Waals surface area contributed by atoms with Crippen LogP contribution in [0, 0.1) is 0 Å². The van der Waals surface area contributed by atoms with Gasteiger partial charge in [-0.05, 0) is 69.5 Å². The molecule has 0 aromatic rings. The molecule has 2 rings (SSSR count). The summed E-state index contributed by atoms with van der Waals surface area (Å²) in [7, 11) is 4.02. The predicted octanol–water partition coefficient (Wildman–Crippen LogP) is 1.15. The highest BCUT2D eigenvalue weighted by atomic mass is 16.2. The monoisotopic (exact) mass is 381 g/mol. The Morgan fingerprint density at radius 1 is 0.778 bits per heavy atom. The Kier molecular flexibility index (Phi) is 5.49. The number of hydrogen-bond donors (Lipinski definition) is 1. The minimum absolute atomic E-state index is 0.0645. The molecule has 27 heavy (non-hydrogen) atoms. The molecule has 0 spiro atoms. The van der Waals surface area contributed by atoms with Crippen LogP contribution < -0.4 is 5.43 Å². The first-order chi connectivity index (χ1) is 12.0. The van der Waals surface area contributed by atoms with Crippen LogP contribution in [-0.4, -0.2) is 94.0 Å². The summed E-state index contributed by atoms with van der Waals surface area (Å²) in [5.74, 6) is 0.200. The van der Waals surface area contributed by atoms with Crippen molar-refractivity contribution in [2.45, 2.75) is 77.5 Å². The molecular formula is C20H39N5O2. The van der Waals surface area contributed by atoms with E-state index in [4.69, 9.17) is 0 Å². The normalized spacial score (nSPS) is 27.9. The third-order valence-corrected chi connectivity index (χ3v) is 6.88. The lowest BCUT2D eigenvalue weighted by atomic mass is 9.88. The molecule has 2 amide bonds. The fourth-order valence-electron chi connectivity index (χ4n) is 4.36. The molecule has 2 heterocycles. The average Bonchev–Trinajstić information content (AvgIpc) is 2.54. The van der Waals surface area contributed by atoms with Gasteiger partial charge in [0.05, 0.1) is 17.6 Å². The van der Waals surface area contributed by atoms with E-state index in [0.29, 0.717) is 26.2 Å². The molecule has 0 aromatic carbocycles. The molecule has 2 aliphatic rings. The van der Waals surface area contributed by atoms with Crippen molar-refractivity contribution >= 4 is 11.8 Å². The molecule has 0 aliphatic carbocycles. The fraction of sp³-hybridized carbons (Fsp3) is 0.900. The summed E-state index contributed by atoms with van der Waals surface area (Å²) in [6.45, 7) is 18.9. The highest BCUT2D eigenvalue weighted by Gasteiger charge is 2.49. The van der Waals surface area contributed by atoms with E-state index in [1.165, 1.54) is 0 Å². The molecule has 2 aliphatic heterocycles. The Labute approximate surface area is 165 Å². The summed E-state index contributed by atoms with van der Waals surface area (Å²) in [4.78, 5) is 32.0. The Bertz CT molecular complexity index is 559. The molecule has 7 heteroatoms. The first-order valence-corrected chi connectivity index (χ1v) is 9.88. The summed E-state index contributed by atoms with van der Waals surface area (Å²) in [5.41, 5.74) is 1.97. The summed E-state index contributed by atoms with van der Waals surface area (Å²) in [5, 5.41) is 1.73. The van der Waals surface area contributed by atoms with E-state index in [-0.39, 0.29) is 22.9 Å². The van der Waals surface area contributed by atoms with Gasteiger partial charge in [0, 0.05) is 30.7 Å². The number of hydrogen-bond acceptors (Lipinski definition) is 5. The largest absolute Gasteiger partial charge is 0.338 e. The third kappa shape index (κ3) is 3.74. The number of carbonyl (C=O) groups is 2. The van der Waals surface area contributed by atoms with Gasteiger partial charge in [0.2, 0.25) is 5.91 Å². The van der Waals surface area contributed by atoms with Crippen molar-refractivity contribution in [2.75, 3.05) is 40.3 Å². The van der Waals surface area contributed by atoms with E-state index in [0.717, 1.165) is 0 Å². The van der Waals surface area contributed by atoms with Crippen molar-refractivity contribution in [3.63, 3.8) is 0 Å². The van der Waals surface area contributed by atoms with Crippen molar-refractivity contribution < 1.29 is 9.59 Å². The van der Waals surface area contributed by atoms with E-state index in [1.807, 2.05) is 46.7 Å². The van der Waals surface area contributed by atoms with Crippen LogP contribution in [0.4, 0.5) is 0 Å². The van der Waals surface area contributed by atoms with Gasteiger partial charge in [-0.1, -0.05) is 0 Å². The van der Waals surface area contributed by atoms with Crippen molar-refractivity contribution in [3.05, 3.63) is 0 Å². The molecule has 0 atom stereocenters. The standard InChI is InChI=1S/C20H39N5O2/c1-17(2)13-24(15(26)19(5,6)22(17)9)12-11-21-25-14-18(3,4)23(10)20(7,8)16(25)27/h21H,11-14H2,1-10H3. The van der Waals surface area contributed by atoms with Crippen molar-refractivity contribution in [2.24, 2.45) is 0 Å². The molecule has 2 fully saturated rings. The minimum Gasteiger partial charge on any atom is -0.338 e. The number of likely N-dealkylation sites (N-methyl/N-ethyl adjacent to an activating group) is 2. The first-order valence-electron chi connectivity index (χ1n) is 9.88. The van der Waals surface area contributed by atoms with Gasteiger partial charge >= 0.3 is 0 Å². The summed E-state index contributed by atoms with van der Waals surface area (Å²) < 4.78 is 0. The number of nitrogens with zero attached hydrogens (tertiary/aromatic N) is 4. The molecule has 0 bridgehead atoms. The highest BCUT2D eigenvalue weighted by Crippen LogP contribution is 2.32. The third-order valence-electron chi connectivity index (χ3n) is 6.88. The second-order valence-corrected chi connectivity index (χ2v) is 10.4. The minimum atomic E-state index is -0.567. The van der Waals surface area contributed by atoms with Gasteiger partial charge in [-0.25, -0.2) is 5.43 Å². The maximum atomic E-state index is 12.9. The van der Waals surface area contributed by atoms with Crippen LogP contribution in [0.15, 0.2) is 0 Å². The number of piperazine rings is 2. The fourth-order valence-corrected chi connectivity index (χ4v) is 4.36. The molecular weight excluding hydrogens is 342 g/mol. The molecule has 0 saturated carbocycles. The molecule has 2 saturated heterocycles. The highest BCUT2D eigenvalue weighted by molar-refractivity contribution is 5.87. The first kappa shape index (κ1) is 22.1. The van der Waals surface area contributed by atoms with Crippen LogP contribution in [-0.2, 0) is 9.59 Å². The average molecular weight is 382 g/mol. The topological polar surface area (TPSA) is 59.1 Å². The molecule has 7 nitrogen and oxygen atoms in total. The lowest BCUT2D eigenvalue weighted by molar-refractivity contribution is -0.163. The van der Waals surface area contributed by atoms with Gasteiger partial charge in [0.25, 0.3) is 5.91 Å². The zero-order valence-electron chi connectivity index (χ0n) is 18.9. The van der Waals surface area contributed by atoms with Crippen LogP contribution in [0.5, 0.6) is 0 Å². The maximum absolute atomic E-state index is 12.9. The zero-order chi connectivity index (χ0) is 21.0. The van der Waals surface area contributed by atoms with E-state index in [2.05, 4.69) is 42.9 Å². The maximum Gasteiger partial charge on any atom is 0.256 e. The van der Waals surface area contributed by atoms with Crippen LogP contribution in [0.2, 0.25) is 0 Å². The Morgan fingerprint density at radius 3 is 1.74 bits per heavy atom. The number of carbonyl (C=O) groups excluding carboxylic acids is 2. The smallest absolute Gasteiger partial charge is 0.256 e. The van der Waals surface area contributed by atoms with E-state index < -0.39 is 11.1 Å². The van der Waals surface area contributed by atoms with Crippen LogP contribution in [0.1, 0.15) is 55.4 Å². The van der Waals surface area contributed by atoms with E-state index in [9.17, 15) is 9.59 Å². The summed E-state index contributed by atoms with van der Waals surface area (Å²) >= 11 is 0. The SMILES string of the molecule is CN1C(C)(C)CN(CCNN2CC(C)(C)N(C)C(C)(C)C2=O)C(=O)C1(C)C. The van der Waals surface area contributed by atoms with Gasteiger partial charge in [-0.3, -0.25) is 24.4 Å². The Balaban J connectivity index is 2.03. The number of amides is 2. The van der Waals surface area contributed by atoms with E-state index >= 15 is 0 Å². The Hall–Kier alpha value is -1.18. The van der Waals surface area contributed by atoms with E-state index in [1.54, 1.807) is 5.01 Å². The van der Waals surface area contributed by atoms with Gasteiger partial charge in [0.15, 0.2) is 0 Å². The number of hydrazine groups is 1. The zero-order valence-corrected chi connectivity index (χ0v) is 18.9. The summed E-state index contributed by atoms with van der Waals surface area (Å²) in [6.07, 6.45) is 0. The Morgan fingerprint density at radius 2 is 1.22 bits per heavy atom. The van der Waals surface area contributed by atoms with Crippen molar-refractivity contribution in [1.82, 2.24) is 25.1 Å². The lowest BCUT2D eigenvalue weighted by Crippen LogP contribution is -2.73. The van der Waals surface area contributed by atoms with Crippen molar-refractivity contribution in [1.29, 1.82) is 0 Å². The van der Waals surface area contributed by atoms with Crippen LogP contribution >= 0.6 is 0 Å². The molecule has 1 N–H and O–H groups in total. The molecule has 0 aromatic heterocycles. The molecule has 0 unspecified atom stereocenters. The van der Waals surface area contributed by atoms with Gasteiger partial charge in [-0.2, -0.15) is 0 Å². The number of rotatable bonds is 4. The summed E-state index contributed by atoms with van der Waals surface area (Å²) in [6, 6.07) is 0.